The predicted octanol–water partition coefficient (Wildman–Crippen LogP) is 1.81. The number of carboxylic acids is 1. The summed E-state index contributed by atoms with van der Waals surface area (Å²) in [6.45, 7) is 0.399. The molecule has 7 nitrogen and oxygen atoms in total. The maximum atomic E-state index is 12.7. The van der Waals surface area contributed by atoms with Crippen molar-refractivity contribution in [3.63, 3.8) is 0 Å². The Morgan fingerprint density at radius 3 is 2.53 bits per heavy atom. The molecule has 19 heavy (non-hydrogen) atoms. The zero-order valence-corrected chi connectivity index (χ0v) is 9.43. The molecule has 0 saturated heterocycles. The quantitative estimate of drug-likeness (QED) is 0.643. The first-order valence-corrected chi connectivity index (χ1v) is 4.76. The molecule has 0 fully saturated rings. The normalized spacial score (nSPS) is 14.5. The third kappa shape index (κ3) is 2.89. The van der Waals surface area contributed by atoms with Crippen LogP contribution in [0.5, 0.6) is 0 Å². The van der Waals surface area contributed by atoms with E-state index in [0.717, 1.165) is 12.3 Å². The van der Waals surface area contributed by atoms with Crippen molar-refractivity contribution in [1.29, 1.82) is 0 Å². The molecule has 0 saturated carbocycles. The summed E-state index contributed by atoms with van der Waals surface area (Å²) in [4.78, 5) is 23.8. The average molecular weight is 279 g/mol. The van der Waals surface area contributed by atoms with Crippen LogP contribution in [0.25, 0.3) is 0 Å². The minimum Gasteiger partial charge on any atom is -0.479 e. The molecule has 1 rings (SSSR count). The van der Waals surface area contributed by atoms with Crippen LogP contribution >= 0.6 is 0 Å². The number of hydrogen-bond donors (Lipinski definition) is 2. The van der Waals surface area contributed by atoms with Crippen molar-refractivity contribution in [2.75, 3.05) is 5.32 Å². The molecule has 0 aliphatic rings. The Bertz CT molecular complexity index is 520. The summed E-state index contributed by atoms with van der Waals surface area (Å²) < 4.78 is 38.1. The molecule has 0 aliphatic carbocycles. The number of carboxylic acid groups (broad SMARTS) is 1. The SMILES string of the molecule is CC(Nc1cc([N+](=O)[O-])ccn1)(C(=O)O)C(F)(F)F. The highest BCUT2D eigenvalue weighted by Crippen LogP contribution is 2.33. The van der Waals surface area contributed by atoms with Gasteiger partial charge in [0.2, 0.25) is 5.54 Å². The number of aliphatic carboxylic acids is 1. The van der Waals surface area contributed by atoms with E-state index in [9.17, 15) is 28.1 Å². The summed E-state index contributed by atoms with van der Waals surface area (Å²) in [6, 6.07) is 1.68. The monoisotopic (exact) mass is 279 g/mol. The van der Waals surface area contributed by atoms with Crippen LogP contribution in [0, 0.1) is 10.1 Å². The second-order valence-electron chi connectivity index (χ2n) is 3.71. The van der Waals surface area contributed by atoms with Crippen LogP contribution in [0.3, 0.4) is 0 Å². The molecular formula is C9H8F3N3O4. The molecule has 0 spiro atoms. The lowest BCUT2D eigenvalue weighted by molar-refractivity contribution is -0.384. The fraction of sp³-hybridized carbons (Fsp3) is 0.333. The van der Waals surface area contributed by atoms with Crippen LogP contribution in [0.15, 0.2) is 18.3 Å². The Kier molecular flexibility index (Phi) is 3.63. The summed E-state index contributed by atoms with van der Waals surface area (Å²) in [5, 5.41) is 20.8. The smallest absolute Gasteiger partial charge is 0.422 e. The molecule has 0 bridgehead atoms. The number of aromatic nitrogens is 1. The molecule has 0 aliphatic heterocycles. The molecule has 1 aromatic rings. The first-order valence-electron chi connectivity index (χ1n) is 4.76. The van der Waals surface area contributed by atoms with Gasteiger partial charge in [-0.2, -0.15) is 13.2 Å². The minimum atomic E-state index is -5.11. The zero-order valence-electron chi connectivity index (χ0n) is 9.43. The summed E-state index contributed by atoms with van der Waals surface area (Å²) in [6.07, 6.45) is -4.20. The van der Waals surface area contributed by atoms with E-state index < -0.39 is 34.1 Å². The van der Waals surface area contributed by atoms with E-state index in [1.807, 2.05) is 0 Å². The topological polar surface area (TPSA) is 105 Å². The number of hydrogen-bond acceptors (Lipinski definition) is 5. The molecule has 0 radical (unpaired) electrons. The van der Waals surface area contributed by atoms with Gasteiger partial charge in [-0.1, -0.05) is 0 Å². The van der Waals surface area contributed by atoms with E-state index in [0.29, 0.717) is 13.0 Å². The van der Waals surface area contributed by atoms with Gasteiger partial charge in [-0.15, -0.1) is 0 Å². The second-order valence-corrected chi connectivity index (χ2v) is 3.71. The third-order valence-electron chi connectivity index (χ3n) is 2.33. The Hall–Kier alpha value is -2.39. The van der Waals surface area contributed by atoms with Crippen LogP contribution < -0.4 is 5.32 Å². The maximum absolute atomic E-state index is 12.7. The lowest BCUT2D eigenvalue weighted by Gasteiger charge is -2.28. The Morgan fingerprint density at radius 1 is 1.53 bits per heavy atom. The van der Waals surface area contributed by atoms with Crippen molar-refractivity contribution in [2.45, 2.75) is 18.6 Å². The van der Waals surface area contributed by atoms with Crippen LogP contribution in [0.1, 0.15) is 6.92 Å². The molecule has 1 aromatic heterocycles. The molecular weight excluding hydrogens is 271 g/mol. The number of alkyl halides is 3. The van der Waals surface area contributed by atoms with Crippen molar-refractivity contribution in [1.82, 2.24) is 4.98 Å². The molecule has 10 heteroatoms. The fourth-order valence-electron chi connectivity index (χ4n) is 1.10. The van der Waals surface area contributed by atoms with Crippen LogP contribution in [0.2, 0.25) is 0 Å². The van der Waals surface area contributed by atoms with Gasteiger partial charge in [0.05, 0.1) is 11.0 Å². The number of carbonyl (C=O) groups is 1. The van der Waals surface area contributed by atoms with Gasteiger partial charge >= 0.3 is 12.1 Å². The summed E-state index contributed by atoms with van der Waals surface area (Å²) >= 11 is 0. The lowest BCUT2D eigenvalue weighted by atomic mass is 10.0. The lowest BCUT2D eigenvalue weighted by Crippen LogP contribution is -2.55. The Balaban J connectivity index is 3.15. The Labute approximate surface area is 104 Å². The van der Waals surface area contributed by atoms with Gasteiger partial charge in [-0.3, -0.25) is 10.1 Å². The van der Waals surface area contributed by atoms with Gasteiger partial charge in [0, 0.05) is 12.3 Å². The van der Waals surface area contributed by atoms with E-state index in [-0.39, 0.29) is 0 Å². The standard InChI is InChI=1S/C9H8F3N3O4/c1-8(7(16)17,9(10,11)12)14-6-4-5(15(18)19)2-3-13-6/h2-4H,1H3,(H,13,14)(H,16,17). The number of pyridine rings is 1. The Morgan fingerprint density at radius 2 is 2.11 bits per heavy atom. The van der Waals surface area contributed by atoms with Crippen LogP contribution in [0.4, 0.5) is 24.7 Å². The third-order valence-corrected chi connectivity index (χ3v) is 2.33. The number of nitrogens with one attached hydrogen (secondary N) is 1. The predicted molar refractivity (Wildman–Crippen MR) is 56.6 cm³/mol. The molecule has 1 heterocycles. The number of rotatable bonds is 4. The highest BCUT2D eigenvalue weighted by atomic mass is 19.4. The molecule has 2 N–H and O–H groups in total. The summed E-state index contributed by atoms with van der Waals surface area (Å²) in [7, 11) is 0. The van der Waals surface area contributed by atoms with E-state index in [1.165, 1.54) is 0 Å². The van der Waals surface area contributed by atoms with Gasteiger partial charge in [0.1, 0.15) is 5.82 Å². The van der Waals surface area contributed by atoms with E-state index in [2.05, 4.69) is 4.98 Å². The maximum Gasteiger partial charge on any atom is 0.422 e. The van der Waals surface area contributed by atoms with Crippen molar-refractivity contribution in [3.8, 4) is 0 Å². The number of halogens is 3. The number of nitrogens with zero attached hydrogens (tertiary/aromatic N) is 2. The highest BCUT2D eigenvalue weighted by molar-refractivity contribution is 5.83. The molecule has 0 aromatic carbocycles. The highest BCUT2D eigenvalue weighted by Gasteiger charge is 2.57. The zero-order chi connectivity index (χ0) is 14.8. The summed E-state index contributed by atoms with van der Waals surface area (Å²) in [5.41, 5.74) is -3.80. The first-order chi connectivity index (χ1) is 8.58. The van der Waals surface area contributed by atoms with Crippen molar-refractivity contribution >= 4 is 17.5 Å². The second kappa shape index (κ2) is 4.71. The van der Waals surface area contributed by atoms with Gasteiger partial charge in [0.25, 0.3) is 5.69 Å². The van der Waals surface area contributed by atoms with Gasteiger partial charge in [0.15, 0.2) is 0 Å². The van der Waals surface area contributed by atoms with E-state index in [4.69, 9.17) is 5.11 Å². The van der Waals surface area contributed by atoms with Crippen LogP contribution in [-0.4, -0.2) is 32.7 Å². The number of nitro groups is 1. The van der Waals surface area contributed by atoms with Crippen molar-refractivity contribution in [3.05, 3.63) is 28.4 Å². The van der Waals surface area contributed by atoms with Gasteiger partial charge in [-0.25, -0.2) is 9.78 Å². The van der Waals surface area contributed by atoms with Crippen molar-refractivity contribution in [2.24, 2.45) is 0 Å². The molecule has 1 unspecified atom stereocenters. The molecule has 1 atom stereocenters. The molecule has 104 valence electrons. The van der Waals surface area contributed by atoms with E-state index >= 15 is 0 Å². The molecule has 0 amide bonds. The van der Waals surface area contributed by atoms with Gasteiger partial charge < -0.3 is 10.4 Å². The fourth-order valence-corrected chi connectivity index (χ4v) is 1.10. The van der Waals surface area contributed by atoms with E-state index in [1.54, 1.807) is 5.32 Å². The van der Waals surface area contributed by atoms with Crippen LogP contribution in [-0.2, 0) is 4.79 Å². The van der Waals surface area contributed by atoms with Gasteiger partial charge in [-0.05, 0) is 6.92 Å². The minimum absolute atomic E-state index is 0.399. The largest absolute Gasteiger partial charge is 0.479 e. The number of anilines is 1. The van der Waals surface area contributed by atoms with Crippen molar-refractivity contribution < 1.29 is 28.0 Å². The summed E-state index contributed by atoms with van der Waals surface area (Å²) in [5.74, 6) is -2.73. The average Bonchev–Trinajstić information content (AvgIpc) is 2.27. The first kappa shape index (κ1) is 14.7.